The molecular formula is C18H19N3O2S. The average molecular weight is 341 g/mol. The maximum absolute atomic E-state index is 12.1. The fourth-order valence-corrected chi connectivity index (χ4v) is 2.89. The zero-order chi connectivity index (χ0) is 16.9. The molecule has 24 heavy (non-hydrogen) atoms. The number of benzene rings is 1. The molecule has 5 nitrogen and oxygen atoms in total. The predicted octanol–water partition coefficient (Wildman–Crippen LogP) is 4.47. The van der Waals surface area contributed by atoms with Crippen LogP contribution in [0.4, 0.5) is 5.69 Å². The molecule has 124 valence electrons. The molecule has 2 aromatic heterocycles. The van der Waals surface area contributed by atoms with Crippen LogP contribution < -0.4 is 5.32 Å². The van der Waals surface area contributed by atoms with Crippen LogP contribution in [0.25, 0.3) is 11.2 Å². The molecule has 2 heterocycles. The Hall–Kier alpha value is -2.34. The van der Waals surface area contributed by atoms with Gasteiger partial charge < -0.3 is 9.73 Å². The Bertz CT molecular complexity index is 797. The average Bonchev–Trinajstić information content (AvgIpc) is 3.03. The molecule has 3 aromatic rings. The first-order valence-electron chi connectivity index (χ1n) is 7.90. The van der Waals surface area contributed by atoms with E-state index in [-0.39, 0.29) is 11.7 Å². The molecule has 0 saturated heterocycles. The number of hydrogen-bond donors (Lipinski definition) is 1. The molecule has 0 fully saturated rings. The van der Waals surface area contributed by atoms with Gasteiger partial charge in [-0.15, -0.1) is 0 Å². The highest BCUT2D eigenvalue weighted by Crippen LogP contribution is 2.23. The number of pyridine rings is 1. The molecule has 3 rings (SSSR count). The van der Waals surface area contributed by atoms with Crippen LogP contribution in [0.3, 0.4) is 0 Å². The van der Waals surface area contributed by atoms with Gasteiger partial charge in [-0.2, -0.15) is 4.98 Å². The third-order valence-electron chi connectivity index (χ3n) is 3.85. The fraction of sp³-hybridized carbons (Fsp3) is 0.278. The molecule has 1 unspecified atom stereocenters. The number of thioether (sulfide) groups is 1. The van der Waals surface area contributed by atoms with Gasteiger partial charge in [0.05, 0.1) is 5.75 Å². The lowest BCUT2D eigenvalue weighted by Gasteiger charge is -2.10. The standard InChI is InChI=1S/C18H19N3O2S/c1-3-12(2)13-6-8-14(9-7-13)20-16(22)11-24-18-21-17-15(23-18)5-4-10-19-17/h4-10,12H,3,11H2,1-2H3,(H,20,22). The number of carbonyl (C=O) groups excluding carboxylic acids is 1. The summed E-state index contributed by atoms with van der Waals surface area (Å²) in [6.07, 6.45) is 2.76. The van der Waals surface area contributed by atoms with Crippen LogP contribution in [0.5, 0.6) is 0 Å². The lowest BCUT2D eigenvalue weighted by molar-refractivity contribution is -0.113. The Morgan fingerprint density at radius 3 is 2.79 bits per heavy atom. The smallest absolute Gasteiger partial charge is 0.258 e. The summed E-state index contributed by atoms with van der Waals surface area (Å²) in [5.74, 6) is 0.671. The van der Waals surface area contributed by atoms with E-state index in [0.29, 0.717) is 22.4 Å². The normalized spacial score (nSPS) is 12.2. The number of nitrogens with one attached hydrogen (secondary N) is 1. The summed E-state index contributed by atoms with van der Waals surface area (Å²) in [5.41, 5.74) is 3.26. The molecule has 0 aliphatic carbocycles. The second-order valence-electron chi connectivity index (χ2n) is 5.57. The zero-order valence-electron chi connectivity index (χ0n) is 13.7. The van der Waals surface area contributed by atoms with Crippen molar-refractivity contribution < 1.29 is 9.21 Å². The van der Waals surface area contributed by atoms with Gasteiger partial charge in [0.25, 0.3) is 5.22 Å². The molecule has 0 bridgehead atoms. The molecule has 0 radical (unpaired) electrons. The van der Waals surface area contributed by atoms with E-state index in [4.69, 9.17) is 4.42 Å². The number of carbonyl (C=O) groups is 1. The first-order valence-corrected chi connectivity index (χ1v) is 8.88. The highest BCUT2D eigenvalue weighted by molar-refractivity contribution is 7.99. The van der Waals surface area contributed by atoms with Crippen molar-refractivity contribution in [3.05, 3.63) is 48.2 Å². The SMILES string of the molecule is CCC(C)c1ccc(NC(=O)CSc2nc3ncccc3o2)cc1. The van der Waals surface area contributed by atoms with E-state index in [9.17, 15) is 4.79 Å². The van der Waals surface area contributed by atoms with Gasteiger partial charge in [0.15, 0.2) is 11.2 Å². The number of rotatable bonds is 6. The third-order valence-corrected chi connectivity index (χ3v) is 4.68. The van der Waals surface area contributed by atoms with Crippen molar-refractivity contribution in [2.24, 2.45) is 0 Å². The Kier molecular flexibility index (Phi) is 5.15. The van der Waals surface area contributed by atoms with Crippen LogP contribution in [0.1, 0.15) is 31.7 Å². The van der Waals surface area contributed by atoms with Gasteiger partial charge in [0, 0.05) is 11.9 Å². The lowest BCUT2D eigenvalue weighted by Crippen LogP contribution is -2.14. The molecule has 1 aromatic carbocycles. The first-order chi connectivity index (χ1) is 11.7. The lowest BCUT2D eigenvalue weighted by atomic mass is 9.99. The van der Waals surface area contributed by atoms with E-state index in [1.807, 2.05) is 12.1 Å². The number of fused-ring (bicyclic) bond motifs is 1. The Morgan fingerprint density at radius 2 is 2.08 bits per heavy atom. The molecule has 6 heteroatoms. The van der Waals surface area contributed by atoms with Gasteiger partial charge in [0.1, 0.15) is 0 Å². The van der Waals surface area contributed by atoms with Gasteiger partial charge in [-0.25, -0.2) is 4.98 Å². The Morgan fingerprint density at radius 1 is 1.29 bits per heavy atom. The predicted molar refractivity (Wildman–Crippen MR) is 96.3 cm³/mol. The van der Waals surface area contributed by atoms with E-state index in [1.165, 1.54) is 17.3 Å². The van der Waals surface area contributed by atoms with Crippen LogP contribution in [0.15, 0.2) is 52.2 Å². The number of oxazole rings is 1. The van der Waals surface area contributed by atoms with E-state index >= 15 is 0 Å². The van der Waals surface area contributed by atoms with Crippen molar-refractivity contribution in [3.8, 4) is 0 Å². The molecule has 0 spiro atoms. The molecule has 0 aliphatic heterocycles. The minimum atomic E-state index is -0.0912. The van der Waals surface area contributed by atoms with Crippen LogP contribution in [-0.2, 0) is 4.79 Å². The van der Waals surface area contributed by atoms with Crippen LogP contribution in [-0.4, -0.2) is 21.6 Å². The van der Waals surface area contributed by atoms with Gasteiger partial charge in [0.2, 0.25) is 5.91 Å². The second-order valence-corrected chi connectivity index (χ2v) is 6.50. The van der Waals surface area contributed by atoms with E-state index in [0.717, 1.165) is 12.1 Å². The summed E-state index contributed by atoms with van der Waals surface area (Å²) < 4.78 is 5.53. The third kappa shape index (κ3) is 3.94. The van der Waals surface area contributed by atoms with Crippen LogP contribution in [0, 0.1) is 0 Å². The van der Waals surface area contributed by atoms with Gasteiger partial charge in [-0.1, -0.05) is 37.7 Å². The summed E-state index contributed by atoms with van der Waals surface area (Å²) in [4.78, 5) is 20.4. The molecule has 0 saturated carbocycles. The summed E-state index contributed by atoms with van der Waals surface area (Å²) in [7, 11) is 0. The number of amides is 1. The van der Waals surface area contributed by atoms with E-state index < -0.39 is 0 Å². The van der Waals surface area contributed by atoms with Gasteiger partial charge in [-0.3, -0.25) is 4.79 Å². The van der Waals surface area contributed by atoms with Crippen molar-refractivity contribution in [1.82, 2.24) is 9.97 Å². The number of nitrogens with zero attached hydrogens (tertiary/aromatic N) is 2. The van der Waals surface area contributed by atoms with Crippen LogP contribution >= 0.6 is 11.8 Å². The zero-order valence-corrected chi connectivity index (χ0v) is 14.5. The van der Waals surface area contributed by atoms with Crippen molar-refractivity contribution in [2.75, 3.05) is 11.1 Å². The van der Waals surface area contributed by atoms with E-state index in [1.54, 1.807) is 18.3 Å². The van der Waals surface area contributed by atoms with Gasteiger partial charge >= 0.3 is 0 Å². The number of anilines is 1. The van der Waals surface area contributed by atoms with Crippen LogP contribution in [0.2, 0.25) is 0 Å². The maximum Gasteiger partial charge on any atom is 0.258 e. The largest absolute Gasteiger partial charge is 0.430 e. The number of hydrogen-bond acceptors (Lipinski definition) is 5. The highest BCUT2D eigenvalue weighted by atomic mass is 32.2. The monoisotopic (exact) mass is 341 g/mol. The minimum absolute atomic E-state index is 0.0912. The Labute approximate surface area is 144 Å². The van der Waals surface area contributed by atoms with Crippen molar-refractivity contribution >= 4 is 34.6 Å². The maximum atomic E-state index is 12.1. The molecule has 1 amide bonds. The Balaban J connectivity index is 1.55. The quantitative estimate of drug-likeness (QED) is 0.670. The molecule has 1 atom stereocenters. The molecule has 0 aliphatic rings. The topological polar surface area (TPSA) is 68.0 Å². The van der Waals surface area contributed by atoms with Crippen molar-refractivity contribution in [3.63, 3.8) is 0 Å². The summed E-state index contributed by atoms with van der Waals surface area (Å²) in [5, 5.41) is 3.34. The van der Waals surface area contributed by atoms with Crippen molar-refractivity contribution in [2.45, 2.75) is 31.4 Å². The summed E-state index contributed by atoms with van der Waals surface area (Å²) >= 11 is 1.26. The summed E-state index contributed by atoms with van der Waals surface area (Å²) in [6.45, 7) is 4.36. The number of aromatic nitrogens is 2. The second kappa shape index (κ2) is 7.49. The van der Waals surface area contributed by atoms with Gasteiger partial charge in [-0.05, 0) is 42.2 Å². The van der Waals surface area contributed by atoms with E-state index in [2.05, 4.69) is 41.3 Å². The highest BCUT2D eigenvalue weighted by Gasteiger charge is 2.10. The first kappa shape index (κ1) is 16.5. The fourth-order valence-electron chi connectivity index (χ4n) is 2.27. The minimum Gasteiger partial charge on any atom is -0.430 e. The summed E-state index contributed by atoms with van der Waals surface area (Å²) in [6, 6.07) is 11.6. The molecule has 1 N–H and O–H groups in total. The van der Waals surface area contributed by atoms with Crippen molar-refractivity contribution in [1.29, 1.82) is 0 Å². The molecular weight excluding hydrogens is 322 g/mol.